The second-order valence-corrected chi connectivity index (χ2v) is 7.14. The lowest BCUT2D eigenvalue weighted by molar-refractivity contribution is 0.584. The molecule has 0 atom stereocenters. The van der Waals surface area contributed by atoms with Gasteiger partial charge in [0, 0.05) is 40.2 Å². The van der Waals surface area contributed by atoms with Gasteiger partial charge in [-0.05, 0) is 19.4 Å². The number of hydrogen-bond acceptors (Lipinski definition) is 7. The summed E-state index contributed by atoms with van der Waals surface area (Å²) in [5.74, 6) is 0.614. The summed E-state index contributed by atoms with van der Waals surface area (Å²) in [5.41, 5.74) is 8.32. The van der Waals surface area contributed by atoms with Crippen molar-refractivity contribution in [2.45, 2.75) is 31.2 Å². The first-order chi connectivity index (χ1) is 11.5. The van der Waals surface area contributed by atoms with E-state index in [1.54, 1.807) is 23.5 Å². The molecule has 0 spiro atoms. The predicted molar refractivity (Wildman–Crippen MR) is 95.4 cm³/mol. The fourth-order valence-electron chi connectivity index (χ4n) is 2.19. The fourth-order valence-corrected chi connectivity index (χ4v) is 4.18. The molecule has 2 N–H and O–H groups in total. The van der Waals surface area contributed by atoms with Crippen LogP contribution in [0.15, 0.2) is 29.6 Å². The van der Waals surface area contributed by atoms with Crippen LogP contribution in [0, 0.1) is 12.9 Å². The Morgan fingerprint density at radius 3 is 2.79 bits per heavy atom. The third-order valence-electron chi connectivity index (χ3n) is 3.26. The molecule has 0 saturated heterocycles. The van der Waals surface area contributed by atoms with Crippen LogP contribution >= 0.6 is 23.1 Å². The highest BCUT2D eigenvalue weighted by molar-refractivity contribution is 7.98. The van der Waals surface area contributed by atoms with Crippen molar-refractivity contribution < 1.29 is 4.39 Å². The Labute approximate surface area is 147 Å². The Morgan fingerprint density at radius 1 is 1.25 bits per heavy atom. The lowest BCUT2D eigenvalue weighted by Crippen LogP contribution is -1.97. The highest BCUT2D eigenvalue weighted by atomic mass is 32.2. The van der Waals surface area contributed by atoms with Gasteiger partial charge in [0.1, 0.15) is 10.8 Å². The summed E-state index contributed by atoms with van der Waals surface area (Å²) >= 11 is 3.08. The maximum atomic E-state index is 13.3. The lowest BCUT2D eigenvalue weighted by Gasteiger charge is -2.02. The summed E-state index contributed by atoms with van der Waals surface area (Å²) in [7, 11) is 0. The lowest BCUT2D eigenvalue weighted by atomic mass is 10.3. The number of rotatable bonds is 5. The highest BCUT2D eigenvalue weighted by Gasteiger charge is 2.13. The van der Waals surface area contributed by atoms with E-state index in [0.717, 1.165) is 28.4 Å². The van der Waals surface area contributed by atoms with Gasteiger partial charge in [-0.2, -0.15) is 4.39 Å². The molecule has 3 rings (SSSR count). The van der Waals surface area contributed by atoms with Crippen LogP contribution in [0.5, 0.6) is 0 Å². The number of aryl methyl sites for hydroxylation is 2. The Kier molecular flexibility index (Phi) is 5.06. The zero-order valence-electron chi connectivity index (χ0n) is 13.3. The van der Waals surface area contributed by atoms with Crippen LogP contribution in [-0.2, 0) is 12.2 Å². The molecule has 3 aromatic rings. The molecular weight excluding hydrogens is 345 g/mol. The van der Waals surface area contributed by atoms with E-state index in [2.05, 4.69) is 26.9 Å². The molecule has 24 heavy (non-hydrogen) atoms. The van der Waals surface area contributed by atoms with Gasteiger partial charge in [-0.3, -0.25) is 0 Å². The number of hydrogen-bond donors (Lipinski definition) is 1. The number of thiazole rings is 1. The summed E-state index contributed by atoms with van der Waals surface area (Å²) < 4.78 is 13.3. The van der Waals surface area contributed by atoms with Crippen LogP contribution in [0.3, 0.4) is 0 Å². The average molecular weight is 361 g/mol. The molecular formula is C16H16FN5S2. The Hall–Kier alpha value is -2.06. The first kappa shape index (κ1) is 16.8. The second-order valence-electron chi connectivity index (χ2n) is 5.12. The zero-order valence-corrected chi connectivity index (χ0v) is 14.9. The van der Waals surface area contributed by atoms with Crippen molar-refractivity contribution in [2.75, 3.05) is 5.73 Å². The number of anilines is 1. The minimum Gasteiger partial charge on any atom is -0.384 e. The first-order valence-corrected chi connectivity index (χ1v) is 9.20. The molecule has 0 unspecified atom stereocenters. The van der Waals surface area contributed by atoms with Gasteiger partial charge in [-0.25, -0.2) is 19.9 Å². The molecule has 0 saturated carbocycles. The normalized spacial score (nSPS) is 11.0. The molecule has 5 nitrogen and oxygen atoms in total. The standard InChI is InChI=1S/C16H16FN5S2/c1-3-12-11(8-23-16-20-9(2)6-14(18)22-16)21-15(24-12)10-4-5-19-13(17)7-10/h4-7H,3,8H2,1-2H3,(H2,18,20,22). The van der Waals surface area contributed by atoms with Gasteiger partial charge < -0.3 is 5.73 Å². The number of nitrogens with zero attached hydrogens (tertiary/aromatic N) is 4. The SMILES string of the molecule is CCc1sc(-c2ccnc(F)c2)nc1CSc1nc(C)cc(N)n1. The predicted octanol–water partition coefficient (Wildman–Crippen LogP) is 3.88. The molecule has 3 heterocycles. The van der Waals surface area contributed by atoms with E-state index < -0.39 is 5.95 Å². The number of thioether (sulfide) groups is 1. The molecule has 0 aromatic carbocycles. The number of pyridine rings is 1. The van der Waals surface area contributed by atoms with Crippen LogP contribution < -0.4 is 5.73 Å². The van der Waals surface area contributed by atoms with E-state index in [1.807, 2.05) is 6.92 Å². The van der Waals surface area contributed by atoms with E-state index in [4.69, 9.17) is 5.73 Å². The van der Waals surface area contributed by atoms with E-state index >= 15 is 0 Å². The minimum atomic E-state index is -0.500. The third-order valence-corrected chi connectivity index (χ3v) is 5.41. The highest BCUT2D eigenvalue weighted by Crippen LogP contribution is 2.31. The van der Waals surface area contributed by atoms with Gasteiger partial charge in [-0.15, -0.1) is 11.3 Å². The molecule has 0 aliphatic rings. The number of nitrogens with two attached hydrogens (primary N) is 1. The minimum absolute atomic E-state index is 0.465. The van der Waals surface area contributed by atoms with Crippen LogP contribution in [0.25, 0.3) is 10.6 Å². The number of halogens is 1. The molecule has 8 heteroatoms. The monoisotopic (exact) mass is 361 g/mol. The maximum absolute atomic E-state index is 13.3. The van der Waals surface area contributed by atoms with Crippen molar-refractivity contribution >= 4 is 28.9 Å². The van der Waals surface area contributed by atoms with E-state index in [9.17, 15) is 4.39 Å². The Balaban J connectivity index is 1.83. The number of nitrogen functional groups attached to an aromatic ring is 1. The summed E-state index contributed by atoms with van der Waals surface area (Å²) in [5, 5.41) is 1.44. The van der Waals surface area contributed by atoms with Crippen molar-refractivity contribution in [3.63, 3.8) is 0 Å². The van der Waals surface area contributed by atoms with Gasteiger partial charge in [0.2, 0.25) is 5.95 Å². The Bertz CT molecular complexity index is 845. The molecule has 0 fully saturated rings. The van der Waals surface area contributed by atoms with Crippen LogP contribution in [0.2, 0.25) is 0 Å². The van der Waals surface area contributed by atoms with Crippen LogP contribution in [-0.4, -0.2) is 19.9 Å². The largest absolute Gasteiger partial charge is 0.384 e. The van der Waals surface area contributed by atoms with Gasteiger partial charge in [0.25, 0.3) is 0 Å². The first-order valence-electron chi connectivity index (χ1n) is 7.39. The maximum Gasteiger partial charge on any atom is 0.213 e. The average Bonchev–Trinajstić information content (AvgIpc) is 2.95. The molecule has 124 valence electrons. The van der Waals surface area contributed by atoms with E-state index in [1.165, 1.54) is 28.9 Å². The van der Waals surface area contributed by atoms with Gasteiger partial charge in [0.05, 0.1) is 5.69 Å². The molecule has 0 aliphatic heterocycles. The van der Waals surface area contributed by atoms with Crippen LogP contribution in [0.1, 0.15) is 23.2 Å². The van der Waals surface area contributed by atoms with Gasteiger partial charge in [-0.1, -0.05) is 18.7 Å². The topological polar surface area (TPSA) is 77.6 Å². The van der Waals surface area contributed by atoms with Crippen molar-refractivity contribution in [1.82, 2.24) is 19.9 Å². The summed E-state index contributed by atoms with van der Waals surface area (Å²) in [6.45, 7) is 3.97. The molecule has 3 aromatic heterocycles. The number of aromatic nitrogens is 4. The third kappa shape index (κ3) is 3.88. The van der Waals surface area contributed by atoms with Crippen molar-refractivity contribution in [3.8, 4) is 10.6 Å². The van der Waals surface area contributed by atoms with E-state index in [0.29, 0.717) is 16.7 Å². The summed E-state index contributed by atoms with van der Waals surface area (Å²) in [4.78, 5) is 18.0. The fraction of sp³-hybridized carbons (Fsp3) is 0.250. The van der Waals surface area contributed by atoms with Gasteiger partial charge >= 0.3 is 0 Å². The smallest absolute Gasteiger partial charge is 0.213 e. The van der Waals surface area contributed by atoms with Crippen LogP contribution in [0.4, 0.5) is 10.2 Å². The summed E-state index contributed by atoms with van der Waals surface area (Å²) in [6.07, 6.45) is 2.33. The molecule has 0 radical (unpaired) electrons. The molecule has 0 amide bonds. The second kappa shape index (κ2) is 7.23. The summed E-state index contributed by atoms with van der Waals surface area (Å²) in [6, 6.07) is 4.91. The molecule has 0 bridgehead atoms. The Morgan fingerprint density at radius 2 is 2.08 bits per heavy atom. The quantitative estimate of drug-likeness (QED) is 0.422. The van der Waals surface area contributed by atoms with Crippen molar-refractivity contribution in [2.24, 2.45) is 0 Å². The van der Waals surface area contributed by atoms with E-state index in [-0.39, 0.29) is 0 Å². The van der Waals surface area contributed by atoms with Crippen molar-refractivity contribution in [3.05, 3.63) is 46.6 Å². The van der Waals surface area contributed by atoms with Crippen molar-refractivity contribution in [1.29, 1.82) is 0 Å². The van der Waals surface area contributed by atoms with Gasteiger partial charge in [0.15, 0.2) is 5.16 Å². The zero-order chi connectivity index (χ0) is 17.1. The molecule has 0 aliphatic carbocycles.